The van der Waals surface area contributed by atoms with E-state index < -0.39 is 5.97 Å². The second-order valence-electron chi connectivity index (χ2n) is 2.82. The van der Waals surface area contributed by atoms with Crippen LogP contribution in [-0.2, 0) is 6.54 Å². The van der Waals surface area contributed by atoms with Crippen LogP contribution in [0.25, 0.3) is 0 Å². The predicted molar refractivity (Wildman–Crippen MR) is 59.8 cm³/mol. The van der Waals surface area contributed by atoms with E-state index in [1.807, 2.05) is 5.38 Å². The minimum absolute atomic E-state index is 0.0285. The largest absolute Gasteiger partial charge is 0.476 e. The van der Waals surface area contributed by atoms with Crippen LogP contribution in [0.4, 0.5) is 0 Å². The highest BCUT2D eigenvalue weighted by Gasteiger charge is 2.07. The van der Waals surface area contributed by atoms with Gasteiger partial charge in [-0.1, -0.05) is 17.0 Å². The topological polar surface area (TPSA) is 80.9 Å². The Morgan fingerprint density at radius 3 is 3.12 bits per heavy atom. The molecule has 0 aliphatic rings. The zero-order valence-corrected chi connectivity index (χ0v) is 9.74. The van der Waals surface area contributed by atoms with E-state index in [0.29, 0.717) is 6.54 Å². The minimum Gasteiger partial charge on any atom is -0.476 e. The molecule has 0 radical (unpaired) electrons. The van der Waals surface area contributed by atoms with Gasteiger partial charge in [-0.15, -0.1) is 16.4 Å². The lowest BCUT2D eigenvalue weighted by Gasteiger charge is -1.97. The first-order chi connectivity index (χ1) is 7.75. The molecule has 0 aliphatic heterocycles. The first kappa shape index (κ1) is 11.1. The molecule has 0 spiro atoms. The molecule has 0 aliphatic carbocycles. The molecule has 0 unspecified atom stereocenters. The van der Waals surface area contributed by atoms with E-state index in [1.54, 1.807) is 29.3 Å². The number of aryl methyl sites for hydroxylation is 1. The molecule has 2 aromatic rings. The number of carbonyl (C=O) groups is 1. The molecule has 2 rings (SSSR count). The van der Waals surface area contributed by atoms with Crippen molar-refractivity contribution in [3.8, 4) is 0 Å². The lowest BCUT2D eigenvalue weighted by atomic mass is 10.5. The molecule has 0 atom stereocenters. The molecule has 0 bridgehead atoms. The van der Waals surface area contributed by atoms with E-state index in [-0.39, 0.29) is 5.69 Å². The standard InChI is InChI=1S/C8H8N4O2S2/c13-7(14)6-5-12(11-10-6)2-4-16-8-9-1-3-15-8/h1,3,5H,2,4H2,(H,13,14). The van der Waals surface area contributed by atoms with Crippen LogP contribution >= 0.6 is 23.1 Å². The van der Waals surface area contributed by atoms with Crippen molar-refractivity contribution in [2.75, 3.05) is 5.75 Å². The quantitative estimate of drug-likeness (QED) is 0.810. The maximum Gasteiger partial charge on any atom is 0.358 e. The van der Waals surface area contributed by atoms with Crippen LogP contribution in [0, 0.1) is 0 Å². The molecular weight excluding hydrogens is 248 g/mol. The van der Waals surface area contributed by atoms with Gasteiger partial charge in [0.25, 0.3) is 0 Å². The Morgan fingerprint density at radius 1 is 1.62 bits per heavy atom. The van der Waals surface area contributed by atoms with E-state index in [2.05, 4.69) is 15.3 Å². The Morgan fingerprint density at radius 2 is 2.50 bits per heavy atom. The van der Waals surface area contributed by atoms with Gasteiger partial charge >= 0.3 is 5.97 Å². The normalized spacial score (nSPS) is 10.5. The van der Waals surface area contributed by atoms with Crippen LogP contribution in [0.1, 0.15) is 10.5 Å². The number of nitrogens with zero attached hydrogens (tertiary/aromatic N) is 4. The van der Waals surface area contributed by atoms with Crippen molar-refractivity contribution in [2.24, 2.45) is 0 Å². The summed E-state index contributed by atoms with van der Waals surface area (Å²) in [5.74, 6) is -0.269. The summed E-state index contributed by atoms with van der Waals surface area (Å²) in [7, 11) is 0. The number of carboxylic acids is 1. The summed E-state index contributed by atoms with van der Waals surface area (Å²) in [6.45, 7) is 0.616. The van der Waals surface area contributed by atoms with Crippen LogP contribution in [0.2, 0.25) is 0 Å². The van der Waals surface area contributed by atoms with Gasteiger partial charge in [-0.2, -0.15) is 0 Å². The van der Waals surface area contributed by atoms with Crippen molar-refractivity contribution in [3.05, 3.63) is 23.5 Å². The third-order valence-electron chi connectivity index (χ3n) is 1.71. The van der Waals surface area contributed by atoms with Crippen molar-refractivity contribution in [3.63, 3.8) is 0 Å². The Bertz CT molecular complexity index is 468. The summed E-state index contributed by atoms with van der Waals surface area (Å²) in [5.41, 5.74) is -0.0285. The van der Waals surface area contributed by atoms with Crippen LogP contribution in [0.15, 0.2) is 22.1 Å². The Labute approximate surface area is 99.3 Å². The molecule has 2 heterocycles. The van der Waals surface area contributed by atoms with Crippen molar-refractivity contribution < 1.29 is 9.90 Å². The maximum atomic E-state index is 10.5. The second kappa shape index (κ2) is 5.08. The summed E-state index contributed by atoms with van der Waals surface area (Å²) in [4.78, 5) is 14.7. The van der Waals surface area contributed by atoms with Gasteiger partial charge in [0.2, 0.25) is 0 Å². The summed E-state index contributed by atoms with van der Waals surface area (Å²) >= 11 is 3.19. The van der Waals surface area contributed by atoms with Crippen molar-refractivity contribution in [1.29, 1.82) is 0 Å². The number of hydrogen-bond donors (Lipinski definition) is 1. The fraction of sp³-hybridized carbons (Fsp3) is 0.250. The van der Waals surface area contributed by atoms with Gasteiger partial charge in [-0.05, 0) is 0 Å². The number of aromatic nitrogens is 4. The van der Waals surface area contributed by atoms with Crippen LogP contribution in [0.5, 0.6) is 0 Å². The van der Waals surface area contributed by atoms with E-state index in [1.165, 1.54) is 10.9 Å². The van der Waals surface area contributed by atoms with Gasteiger partial charge in [-0.3, -0.25) is 4.68 Å². The van der Waals surface area contributed by atoms with E-state index in [4.69, 9.17) is 5.11 Å². The first-order valence-corrected chi connectivity index (χ1v) is 6.28. The number of carboxylic acid groups (broad SMARTS) is 1. The molecule has 6 nitrogen and oxygen atoms in total. The molecule has 0 fully saturated rings. The summed E-state index contributed by atoms with van der Waals surface area (Å²) in [5, 5.41) is 17.8. The van der Waals surface area contributed by atoms with Gasteiger partial charge < -0.3 is 5.11 Å². The van der Waals surface area contributed by atoms with E-state index in [9.17, 15) is 4.79 Å². The average molecular weight is 256 g/mol. The molecule has 0 amide bonds. The van der Waals surface area contributed by atoms with Crippen LogP contribution in [0.3, 0.4) is 0 Å². The summed E-state index contributed by atoms with van der Waals surface area (Å²) in [6.07, 6.45) is 3.18. The highest BCUT2D eigenvalue weighted by atomic mass is 32.2. The second-order valence-corrected chi connectivity index (χ2v) is 5.06. The lowest BCUT2D eigenvalue weighted by Crippen LogP contribution is -2.01. The molecule has 16 heavy (non-hydrogen) atoms. The predicted octanol–water partition coefficient (Wildman–Crippen LogP) is 1.23. The number of rotatable bonds is 5. The zero-order chi connectivity index (χ0) is 11.4. The summed E-state index contributed by atoms with van der Waals surface area (Å²) < 4.78 is 2.52. The number of hydrogen-bond acceptors (Lipinski definition) is 6. The van der Waals surface area contributed by atoms with Gasteiger partial charge in [0.1, 0.15) is 4.34 Å². The fourth-order valence-corrected chi connectivity index (χ4v) is 2.65. The average Bonchev–Trinajstić information content (AvgIpc) is 2.87. The molecule has 0 saturated heterocycles. The third kappa shape index (κ3) is 2.80. The summed E-state index contributed by atoms with van der Waals surface area (Å²) in [6, 6.07) is 0. The minimum atomic E-state index is -1.06. The third-order valence-corrected chi connectivity index (χ3v) is 3.66. The highest BCUT2D eigenvalue weighted by molar-refractivity contribution is 8.00. The first-order valence-electron chi connectivity index (χ1n) is 4.41. The maximum absolute atomic E-state index is 10.5. The number of thioether (sulfide) groups is 1. The highest BCUT2D eigenvalue weighted by Crippen LogP contribution is 2.19. The Kier molecular flexibility index (Phi) is 3.52. The van der Waals surface area contributed by atoms with Gasteiger partial charge in [0.05, 0.1) is 12.7 Å². The van der Waals surface area contributed by atoms with Crippen molar-refractivity contribution in [2.45, 2.75) is 10.9 Å². The molecule has 84 valence electrons. The van der Waals surface area contributed by atoms with E-state index >= 15 is 0 Å². The monoisotopic (exact) mass is 256 g/mol. The SMILES string of the molecule is O=C(O)c1cn(CCSc2nccs2)nn1. The molecule has 1 N–H and O–H groups in total. The van der Waals surface area contributed by atoms with Gasteiger partial charge in [0, 0.05) is 17.3 Å². The van der Waals surface area contributed by atoms with Crippen molar-refractivity contribution in [1.82, 2.24) is 20.0 Å². The molecule has 8 heteroatoms. The molecule has 0 saturated carbocycles. The number of thiazole rings is 1. The van der Waals surface area contributed by atoms with E-state index in [0.717, 1.165) is 10.1 Å². The fourth-order valence-electron chi connectivity index (χ4n) is 1.01. The Balaban J connectivity index is 1.83. The molecule has 0 aromatic carbocycles. The lowest BCUT2D eigenvalue weighted by molar-refractivity contribution is 0.0690. The van der Waals surface area contributed by atoms with Crippen molar-refractivity contribution >= 4 is 29.1 Å². The van der Waals surface area contributed by atoms with Crippen LogP contribution < -0.4 is 0 Å². The molecular formula is C8H8N4O2S2. The number of aromatic carboxylic acids is 1. The molecule has 2 aromatic heterocycles. The van der Waals surface area contributed by atoms with Gasteiger partial charge in [-0.25, -0.2) is 9.78 Å². The smallest absolute Gasteiger partial charge is 0.358 e. The zero-order valence-electron chi connectivity index (χ0n) is 8.11. The Hall–Kier alpha value is -1.41. The van der Waals surface area contributed by atoms with Crippen LogP contribution in [-0.4, -0.2) is 36.8 Å². The van der Waals surface area contributed by atoms with Gasteiger partial charge in [0.15, 0.2) is 5.69 Å².